The Morgan fingerprint density at radius 1 is 1.22 bits per heavy atom. The van der Waals surface area contributed by atoms with Gasteiger partial charge in [-0.2, -0.15) is 0 Å². The van der Waals surface area contributed by atoms with Crippen LogP contribution < -0.4 is 10.1 Å². The lowest BCUT2D eigenvalue weighted by Gasteiger charge is -2.14. The van der Waals surface area contributed by atoms with Crippen LogP contribution in [0.5, 0.6) is 5.75 Å². The zero-order valence-corrected chi connectivity index (χ0v) is 14.1. The molecule has 1 aromatic heterocycles. The molecule has 0 saturated heterocycles. The van der Waals surface area contributed by atoms with Gasteiger partial charge in [-0.05, 0) is 62.1 Å². The Kier molecular flexibility index (Phi) is 5.70. The molecular weight excluding hydrogens is 306 g/mol. The van der Waals surface area contributed by atoms with Gasteiger partial charge in [0.1, 0.15) is 5.75 Å². The van der Waals surface area contributed by atoms with E-state index < -0.39 is 0 Å². The number of anilines is 1. The molecular formula is C19H23NO2S. The summed E-state index contributed by atoms with van der Waals surface area (Å²) in [6, 6.07) is 11.9. The highest BCUT2D eigenvalue weighted by Crippen LogP contribution is 2.25. The lowest BCUT2D eigenvalue weighted by atomic mass is 10.2. The Labute approximate surface area is 141 Å². The molecule has 0 aliphatic heterocycles. The number of rotatable bonds is 7. The topological polar surface area (TPSA) is 38.3 Å². The average Bonchev–Trinajstić information content (AvgIpc) is 3.21. The van der Waals surface area contributed by atoms with Gasteiger partial charge in [0, 0.05) is 23.1 Å². The van der Waals surface area contributed by atoms with Gasteiger partial charge in [0.25, 0.3) is 0 Å². The summed E-state index contributed by atoms with van der Waals surface area (Å²) in [6.07, 6.45) is 7.52. The maximum Gasteiger partial charge on any atom is 0.224 e. The number of hydrogen-bond donors (Lipinski definition) is 1. The number of ether oxygens (including phenoxy) is 1. The standard InChI is InChI=1S/C19H23NO2S/c21-19(12-4-10-18-11-5-13-23-18)20-15-6-3-9-17(14-15)22-16-7-1-2-8-16/h3,5-6,9,11,13-14,16H,1-2,4,7-8,10,12H2,(H,20,21). The Morgan fingerprint density at radius 3 is 2.87 bits per heavy atom. The molecule has 1 aromatic carbocycles. The zero-order chi connectivity index (χ0) is 15.9. The maximum atomic E-state index is 12.0. The van der Waals surface area contributed by atoms with E-state index in [0.717, 1.165) is 37.1 Å². The molecule has 0 unspecified atom stereocenters. The number of amides is 1. The summed E-state index contributed by atoms with van der Waals surface area (Å²) in [7, 11) is 0. The first-order valence-corrected chi connectivity index (χ1v) is 9.26. The molecule has 1 saturated carbocycles. The van der Waals surface area contributed by atoms with Gasteiger partial charge in [0.15, 0.2) is 0 Å². The molecule has 1 N–H and O–H groups in total. The summed E-state index contributed by atoms with van der Waals surface area (Å²) in [6.45, 7) is 0. The molecule has 2 aromatic rings. The van der Waals surface area contributed by atoms with Gasteiger partial charge in [0.2, 0.25) is 5.91 Å². The molecule has 3 nitrogen and oxygen atoms in total. The van der Waals surface area contributed by atoms with Crippen LogP contribution >= 0.6 is 11.3 Å². The maximum absolute atomic E-state index is 12.0. The van der Waals surface area contributed by atoms with Crippen LogP contribution in [0, 0.1) is 0 Å². The number of nitrogens with one attached hydrogen (secondary N) is 1. The van der Waals surface area contributed by atoms with Gasteiger partial charge >= 0.3 is 0 Å². The number of thiophene rings is 1. The first-order chi connectivity index (χ1) is 11.3. The smallest absolute Gasteiger partial charge is 0.224 e. The molecule has 1 fully saturated rings. The van der Waals surface area contributed by atoms with Crippen molar-refractivity contribution in [2.24, 2.45) is 0 Å². The van der Waals surface area contributed by atoms with Crippen LogP contribution in [0.1, 0.15) is 43.4 Å². The van der Waals surface area contributed by atoms with Crippen molar-refractivity contribution in [3.63, 3.8) is 0 Å². The SMILES string of the molecule is O=C(CCCc1cccs1)Nc1cccc(OC2CCCC2)c1. The number of carbonyl (C=O) groups excluding carboxylic acids is 1. The Hall–Kier alpha value is -1.81. The number of aryl methyl sites for hydroxylation is 1. The second kappa shape index (κ2) is 8.16. The summed E-state index contributed by atoms with van der Waals surface area (Å²) >= 11 is 1.75. The molecule has 3 rings (SSSR count). The van der Waals surface area contributed by atoms with Crippen molar-refractivity contribution in [1.82, 2.24) is 0 Å². The first-order valence-electron chi connectivity index (χ1n) is 8.38. The van der Waals surface area contributed by atoms with Crippen LogP contribution in [0.25, 0.3) is 0 Å². The molecule has 1 aliphatic carbocycles. The van der Waals surface area contributed by atoms with Crippen molar-refractivity contribution in [3.05, 3.63) is 46.7 Å². The van der Waals surface area contributed by atoms with Crippen LogP contribution in [0.2, 0.25) is 0 Å². The summed E-state index contributed by atoms with van der Waals surface area (Å²) in [5, 5.41) is 5.05. The van der Waals surface area contributed by atoms with Gasteiger partial charge < -0.3 is 10.1 Å². The van der Waals surface area contributed by atoms with Crippen molar-refractivity contribution in [2.75, 3.05) is 5.32 Å². The van der Waals surface area contributed by atoms with E-state index in [1.165, 1.54) is 17.7 Å². The first kappa shape index (κ1) is 16.1. The highest BCUT2D eigenvalue weighted by Gasteiger charge is 2.16. The second-order valence-electron chi connectivity index (χ2n) is 6.03. The van der Waals surface area contributed by atoms with Crippen LogP contribution in [0.15, 0.2) is 41.8 Å². The summed E-state index contributed by atoms with van der Waals surface area (Å²) in [5.74, 6) is 0.924. The van der Waals surface area contributed by atoms with Crippen molar-refractivity contribution in [1.29, 1.82) is 0 Å². The van der Waals surface area contributed by atoms with Gasteiger partial charge in [0.05, 0.1) is 6.10 Å². The predicted molar refractivity (Wildman–Crippen MR) is 95.2 cm³/mol. The third-order valence-electron chi connectivity index (χ3n) is 4.13. The van der Waals surface area contributed by atoms with Gasteiger partial charge in [-0.25, -0.2) is 0 Å². The monoisotopic (exact) mass is 329 g/mol. The van der Waals surface area contributed by atoms with E-state index in [0.29, 0.717) is 12.5 Å². The van der Waals surface area contributed by atoms with E-state index in [4.69, 9.17) is 4.74 Å². The van der Waals surface area contributed by atoms with Gasteiger partial charge in [-0.3, -0.25) is 4.79 Å². The van der Waals surface area contributed by atoms with Crippen molar-refractivity contribution < 1.29 is 9.53 Å². The minimum absolute atomic E-state index is 0.0690. The zero-order valence-electron chi connectivity index (χ0n) is 13.3. The second-order valence-corrected chi connectivity index (χ2v) is 7.07. The fourth-order valence-corrected chi connectivity index (χ4v) is 3.70. The highest BCUT2D eigenvalue weighted by atomic mass is 32.1. The molecule has 0 spiro atoms. The summed E-state index contributed by atoms with van der Waals surface area (Å²) in [4.78, 5) is 13.4. The van der Waals surface area contributed by atoms with E-state index in [-0.39, 0.29) is 5.91 Å². The fourth-order valence-electron chi connectivity index (χ4n) is 2.95. The van der Waals surface area contributed by atoms with Crippen LogP contribution in [0.4, 0.5) is 5.69 Å². The minimum Gasteiger partial charge on any atom is -0.490 e. The van der Waals surface area contributed by atoms with E-state index in [1.807, 2.05) is 24.3 Å². The quantitative estimate of drug-likeness (QED) is 0.773. The predicted octanol–water partition coefficient (Wildman–Crippen LogP) is 5.03. The minimum atomic E-state index is 0.0690. The largest absolute Gasteiger partial charge is 0.490 e. The van der Waals surface area contributed by atoms with Crippen LogP contribution in [-0.4, -0.2) is 12.0 Å². The molecule has 0 radical (unpaired) electrons. The molecule has 1 heterocycles. The lowest BCUT2D eigenvalue weighted by molar-refractivity contribution is -0.116. The molecule has 1 amide bonds. The highest BCUT2D eigenvalue weighted by molar-refractivity contribution is 7.09. The van der Waals surface area contributed by atoms with E-state index in [1.54, 1.807) is 11.3 Å². The average molecular weight is 329 g/mol. The van der Waals surface area contributed by atoms with E-state index >= 15 is 0 Å². The van der Waals surface area contributed by atoms with Crippen molar-refractivity contribution in [2.45, 2.75) is 51.0 Å². The molecule has 122 valence electrons. The molecule has 4 heteroatoms. The molecule has 1 aliphatic rings. The number of benzene rings is 1. The Morgan fingerprint density at radius 2 is 2.09 bits per heavy atom. The Bertz CT molecular complexity index is 618. The fraction of sp³-hybridized carbons (Fsp3) is 0.421. The molecule has 23 heavy (non-hydrogen) atoms. The molecule has 0 atom stereocenters. The Balaban J connectivity index is 1.45. The van der Waals surface area contributed by atoms with E-state index in [2.05, 4.69) is 22.8 Å². The van der Waals surface area contributed by atoms with Gasteiger partial charge in [-0.1, -0.05) is 12.1 Å². The van der Waals surface area contributed by atoms with Gasteiger partial charge in [-0.15, -0.1) is 11.3 Å². The number of hydrogen-bond acceptors (Lipinski definition) is 3. The summed E-state index contributed by atoms with van der Waals surface area (Å²) in [5.41, 5.74) is 0.821. The van der Waals surface area contributed by atoms with Crippen molar-refractivity contribution >= 4 is 22.9 Å². The van der Waals surface area contributed by atoms with Crippen molar-refractivity contribution in [3.8, 4) is 5.75 Å². The molecule has 0 bridgehead atoms. The lowest BCUT2D eigenvalue weighted by Crippen LogP contribution is -2.13. The van der Waals surface area contributed by atoms with E-state index in [9.17, 15) is 4.79 Å². The normalized spacial score (nSPS) is 14.8. The van der Waals surface area contributed by atoms with Crippen LogP contribution in [0.3, 0.4) is 0 Å². The number of carbonyl (C=O) groups is 1. The summed E-state index contributed by atoms with van der Waals surface area (Å²) < 4.78 is 5.98. The third kappa shape index (κ3) is 5.10. The third-order valence-corrected chi connectivity index (χ3v) is 5.07. The van der Waals surface area contributed by atoms with Crippen LogP contribution in [-0.2, 0) is 11.2 Å².